The number of aromatic nitrogens is 1. The zero-order chi connectivity index (χ0) is 11.5. The second-order valence-corrected chi connectivity index (χ2v) is 4.77. The number of aryl methyl sites for hydroxylation is 2. The molecule has 0 saturated carbocycles. The molecule has 0 unspecified atom stereocenters. The van der Waals surface area contributed by atoms with Gasteiger partial charge in [-0.1, -0.05) is 24.3 Å². The third-order valence-corrected chi connectivity index (χ3v) is 3.96. The second-order valence-electron chi connectivity index (χ2n) is 4.02. The van der Waals surface area contributed by atoms with E-state index in [2.05, 4.69) is 58.3 Å². The summed E-state index contributed by atoms with van der Waals surface area (Å²) in [5, 5.41) is 1.34. The van der Waals surface area contributed by atoms with Crippen molar-refractivity contribution in [3.63, 3.8) is 0 Å². The van der Waals surface area contributed by atoms with Crippen LogP contribution < -0.4 is 0 Å². The minimum absolute atomic E-state index is 1.04. The van der Waals surface area contributed by atoms with Gasteiger partial charge in [-0.05, 0) is 47.3 Å². The quantitative estimate of drug-likeness (QED) is 0.565. The van der Waals surface area contributed by atoms with Gasteiger partial charge in [-0.3, -0.25) is 0 Å². The Balaban J connectivity index is 2.43. The van der Waals surface area contributed by atoms with E-state index in [1.54, 1.807) is 0 Å². The molecule has 0 saturated heterocycles. The average Bonchev–Trinajstić information content (AvgIpc) is 2.55. The van der Waals surface area contributed by atoms with E-state index in [9.17, 15) is 0 Å². The van der Waals surface area contributed by atoms with E-state index < -0.39 is 0 Å². The molecular formula is C14H16BrN. The summed E-state index contributed by atoms with van der Waals surface area (Å²) in [5.41, 5.74) is 2.64. The average molecular weight is 278 g/mol. The number of rotatable bonds is 4. The van der Waals surface area contributed by atoms with Crippen LogP contribution in [-0.2, 0) is 6.54 Å². The molecule has 1 aromatic heterocycles. The second kappa shape index (κ2) is 4.88. The number of hydrogen-bond acceptors (Lipinski definition) is 0. The van der Waals surface area contributed by atoms with Gasteiger partial charge in [0.15, 0.2) is 0 Å². The highest BCUT2D eigenvalue weighted by Crippen LogP contribution is 2.29. The molecule has 16 heavy (non-hydrogen) atoms. The molecule has 2 aromatic rings. The minimum Gasteiger partial charge on any atom is -0.335 e. The van der Waals surface area contributed by atoms with Crippen molar-refractivity contribution in [1.82, 2.24) is 4.57 Å². The zero-order valence-corrected chi connectivity index (χ0v) is 11.1. The minimum atomic E-state index is 1.04. The fourth-order valence-electron chi connectivity index (χ4n) is 2.06. The van der Waals surface area contributed by atoms with Gasteiger partial charge in [0.05, 0.1) is 4.60 Å². The van der Waals surface area contributed by atoms with Crippen molar-refractivity contribution in [2.24, 2.45) is 0 Å². The van der Waals surface area contributed by atoms with Crippen LogP contribution >= 0.6 is 15.9 Å². The highest BCUT2D eigenvalue weighted by atomic mass is 79.9. The van der Waals surface area contributed by atoms with Crippen LogP contribution in [0.15, 0.2) is 41.5 Å². The number of allylic oxidation sites excluding steroid dienone is 1. The predicted molar refractivity (Wildman–Crippen MR) is 73.8 cm³/mol. The van der Waals surface area contributed by atoms with Crippen molar-refractivity contribution < 1.29 is 0 Å². The normalized spacial score (nSPS) is 10.9. The van der Waals surface area contributed by atoms with Gasteiger partial charge in [0.2, 0.25) is 0 Å². The molecular weight excluding hydrogens is 262 g/mol. The molecule has 1 heterocycles. The largest absolute Gasteiger partial charge is 0.335 e. The van der Waals surface area contributed by atoms with Gasteiger partial charge >= 0.3 is 0 Å². The van der Waals surface area contributed by atoms with Crippen LogP contribution in [0, 0.1) is 6.92 Å². The van der Waals surface area contributed by atoms with Crippen LogP contribution in [0.25, 0.3) is 10.9 Å². The Kier molecular flexibility index (Phi) is 3.49. The summed E-state index contributed by atoms with van der Waals surface area (Å²) in [6, 6.07) is 8.55. The van der Waals surface area contributed by atoms with Gasteiger partial charge in [-0.25, -0.2) is 0 Å². The SMILES string of the molecule is C=CCCCn1c(Br)c(C)c2ccccc21. The van der Waals surface area contributed by atoms with Crippen molar-refractivity contribution in [2.45, 2.75) is 26.3 Å². The highest BCUT2D eigenvalue weighted by molar-refractivity contribution is 9.10. The summed E-state index contributed by atoms with van der Waals surface area (Å²) < 4.78 is 3.55. The number of unbranched alkanes of at least 4 members (excludes halogenated alkanes) is 1. The molecule has 0 aliphatic carbocycles. The summed E-state index contributed by atoms with van der Waals surface area (Å²) in [6.07, 6.45) is 4.19. The Labute approximate surface area is 105 Å². The topological polar surface area (TPSA) is 4.93 Å². The first-order valence-electron chi connectivity index (χ1n) is 5.60. The Morgan fingerprint density at radius 1 is 1.38 bits per heavy atom. The summed E-state index contributed by atoms with van der Waals surface area (Å²) in [4.78, 5) is 0. The van der Waals surface area contributed by atoms with E-state index in [0.29, 0.717) is 0 Å². The molecule has 0 radical (unpaired) electrons. The van der Waals surface area contributed by atoms with Gasteiger partial charge < -0.3 is 4.57 Å². The van der Waals surface area contributed by atoms with Gasteiger partial charge in [0.25, 0.3) is 0 Å². The van der Waals surface area contributed by atoms with Crippen molar-refractivity contribution in [3.8, 4) is 0 Å². The molecule has 0 amide bonds. The maximum atomic E-state index is 3.76. The lowest BCUT2D eigenvalue weighted by Gasteiger charge is -2.05. The van der Waals surface area contributed by atoms with Crippen LogP contribution in [0.4, 0.5) is 0 Å². The fraction of sp³-hybridized carbons (Fsp3) is 0.286. The number of halogens is 1. The molecule has 84 valence electrons. The number of benzene rings is 1. The van der Waals surface area contributed by atoms with E-state index in [4.69, 9.17) is 0 Å². The van der Waals surface area contributed by atoms with Crippen LogP contribution in [0.3, 0.4) is 0 Å². The number of nitrogens with zero attached hydrogens (tertiary/aromatic N) is 1. The third kappa shape index (κ3) is 1.94. The van der Waals surface area contributed by atoms with Gasteiger partial charge in [-0.15, -0.1) is 6.58 Å². The van der Waals surface area contributed by atoms with Crippen LogP contribution in [0.2, 0.25) is 0 Å². The first-order chi connectivity index (χ1) is 7.75. The van der Waals surface area contributed by atoms with E-state index >= 15 is 0 Å². The standard InChI is InChI=1S/C14H16BrN/c1-3-4-7-10-16-13-9-6-5-8-12(13)11(2)14(16)15/h3,5-6,8-9H,1,4,7,10H2,2H3. The smallest absolute Gasteiger partial charge is 0.0887 e. The van der Waals surface area contributed by atoms with Crippen molar-refractivity contribution in [2.75, 3.05) is 0 Å². The molecule has 0 N–H and O–H groups in total. The molecule has 2 heteroatoms. The monoisotopic (exact) mass is 277 g/mol. The van der Waals surface area contributed by atoms with Crippen molar-refractivity contribution >= 4 is 26.8 Å². The lowest BCUT2D eigenvalue weighted by atomic mass is 10.2. The molecule has 0 atom stereocenters. The Morgan fingerprint density at radius 2 is 2.12 bits per heavy atom. The summed E-state index contributed by atoms with van der Waals surface area (Å²) in [7, 11) is 0. The van der Waals surface area contributed by atoms with Crippen molar-refractivity contribution in [3.05, 3.63) is 47.1 Å². The van der Waals surface area contributed by atoms with Crippen LogP contribution in [-0.4, -0.2) is 4.57 Å². The number of hydrogen-bond donors (Lipinski definition) is 0. The lowest BCUT2D eigenvalue weighted by Crippen LogP contribution is -1.97. The molecule has 0 aliphatic rings. The first-order valence-corrected chi connectivity index (χ1v) is 6.39. The zero-order valence-electron chi connectivity index (χ0n) is 9.54. The van der Waals surface area contributed by atoms with Gasteiger partial charge in [0, 0.05) is 17.4 Å². The molecule has 2 rings (SSSR count). The van der Waals surface area contributed by atoms with E-state index in [1.165, 1.54) is 21.1 Å². The van der Waals surface area contributed by atoms with Gasteiger partial charge in [-0.2, -0.15) is 0 Å². The maximum Gasteiger partial charge on any atom is 0.0887 e. The fourth-order valence-corrected chi connectivity index (χ4v) is 2.64. The summed E-state index contributed by atoms with van der Waals surface area (Å²) >= 11 is 3.68. The number of fused-ring (bicyclic) bond motifs is 1. The van der Waals surface area contributed by atoms with Crippen molar-refractivity contribution in [1.29, 1.82) is 0 Å². The maximum absolute atomic E-state index is 3.76. The molecule has 0 bridgehead atoms. The Morgan fingerprint density at radius 3 is 2.88 bits per heavy atom. The molecule has 1 aromatic carbocycles. The van der Waals surface area contributed by atoms with Crippen LogP contribution in [0.1, 0.15) is 18.4 Å². The molecule has 1 nitrogen and oxygen atoms in total. The molecule has 0 fully saturated rings. The number of para-hydroxylation sites is 1. The van der Waals surface area contributed by atoms with E-state index in [1.807, 2.05) is 6.08 Å². The van der Waals surface area contributed by atoms with Crippen LogP contribution in [0.5, 0.6) is 0 Å². The third-order valence-electron chi connectivity index (χ3n) is 2.94. The predicted octanol–water partition coefficient (Wildman–Crippen LogP) is 4.68. The summed E-state index contributed by atoms with van der Waals surface area (Å²) in [6.45, 7) is 6.97. The highest BCUT2D eigenvalue weighted by Gasteiger charge is 2.10. The van der Waals surface area contributed by atoms with Gasteiger partial charge in [0.1, 0.15) is 0 Å². The van der Waals surface area contributed by atoms with E-state index in [-0.39, 0.29) is 0 Å². The first kappa shape index (κ1) is 11.5. The van der Waals surface area contributed by atoms with E-state index in [0.717, 1.165) is 19.4 Å². The summed E-state index contributed by atoms with van der Waals surface area (Å²) in [5.74, 6) is 0. The molecule has 0 spiro atoms. The Hall–Kier alpha value is -1.02. The molecule has 0 aliphatic heterocycles. The Bertz CT molecular complexity index is 511. The lowest BCUT2D eigenvalue weighted by molar-refractivity contribution is 0.659.